The quantitative estimate of drug-likeness (QED) is 0.325. The lowest BCUT2D eigenvalue weighted by atomic mass is 10.0. The highest BCUT2D eigenvalue weighted by Crippen LogP contribution is 2.39. The van der Waals surface area contributed by atoms with Gasteiger partial charge in [0.25, 0.3) is 0 Å². The Morgan fingerprint density at radius 2 is 1.84 bits per heavy atom. The Bertz CT molecular complexity index is 1240. The molecule has 0 saturated carbocycles. The molecular weight excluding hydrogens is 436 g/mol. The highest BCUT2D eigenvalue weighted by molar-refractivity contribution is 7.99. The van der Waals surface area contributed by atoms with E-state index in [1.54, 1.807) is 11.3 Å². The molecule has 0 spiro atoms. The van der Waals surface area contributed by atoms with Crippen LogP contribution >= 0.6 is 23.1 Å². The van der Waals surface area contributed by atoms with E-state index < -0.39 is 0 Å². The minimum Gasteiger partial charge on any atom is -0.325 e. The number of amides is 1. The van der Waals surface area contributed by atoms with Crippen molar-refractivity contribution in [2.24, 2.45) is 0 Å². The molecule has 0 aliphatic rings. The van der Waals surface area contributed by atoms with Crippen molar-refractivity contribution in [3.8, 4) is 22.5 Å². The highest BCUT2D eigenvalue weighted by atomic mass is 32.2. The molecule has 4 rings (SSSR count). The molecule has 7 heteroatoms. The molecule has 164 valence electrons. The zero-order valence-corrected chi connectivity index (χ0v) is 20.3. The van der Waals surface area contributed by atoms with Gasteiger partial charge in [-0.3, -0.25) is 4.79 Å². The Kier molecular flexibility index (Phi) is 6.77. The van der Waals surface area contributed by atoms with Crippen LogP contribution < -0.4 is 5.32 Å². The molecule has 0 bridgehead atoms. The summed E-state index contributed by atoms with van der Waals surface area (Å²) >= 11 is 3.13. The molecule has 4 aromatic rings. The fourth-order valence-electron chi connectivity index (χ4n) is 3.63. The maximum Gasteiger partial charge on any atom is 0.234 e. The summed E-state index contributed by atoms with van der Waals surface area (Å²) in [7, 11) is 0. The van der Waals surface area contributed by atoms with Crippen LogP contribution in [0.4, 0.5) is 5.69 Å². The van der Waals surface area contributed by atoms with Crippen molar-refractivity contribution in [2.75, 3.05) is 11.1 Å². The van der Waals surface area contributed by atoms with Gasteiger partial charge in [-0.2, -0.15) is 0 Å². The number of hydrogen-bond donors (Lipinski definition) is 1. The first-order valence-electron chi connectivity index (χ1n) is 10.5. The van der Waals surface area contributed by atoms with E-state index in [2.05, 4.69) is 70.5 Å². The molecule has 0 unspecified atom stereocenters. The zero-order valence-electron chi connectivity index (χ0n) is 18.7. The molecule has 2 aromatic carbocycles. The van der Waals surface area contributed by atoms with E-state index in [9.17, 15) is 4.79 Å². The van der Waals surface area contributed by atoms with Crippen molar-refractivity contribution in [3.63, 3.8) is 0 Å². The van der Waals surface area contributed by atoms with E-state index in [4.69, 9.17) is 0 Å². The van der Waals surface area contributed by atoms with Crippen molar-refractivity contribution in [1.29, 1.82) is 0 Å². The lowest BCUT2D eigenvalue weighted by Crippen LogP contribution is -2.14. The summed E-state index contributed by atoms with van der Waals surface area (Å²) in [6.45, 7) is 9.05. The van der Waals surface area contributed by atoms with E-state index in [1.165, 1.54) is 33.3 Å². The number of carbonyl (C=O) groups excluding carboxylic acids is 1. The maximum absolute atomic E-state index is 12.5. The number of aryl methyl sites for hydroxylation is 3. The largest absolute Gasteiger partial charge is 0.325 e. The van der Waals surface area contributed by atoms with Crippen LogP contribution in [0.5, 0.6) is 0 Å². The van der Waals surface area contributed by atoms with Crippen molar-refractivity contribution in [3.05, 3.63) is 69.9 Å². The van der Waals surface area contributed by atoms with Gasteiger partial charge in [-0.05, 0) is 51.0 Å². The fourth-order valence-corrected chi connectivity index (χ4v) is 5.29. The average Bonchev–Trinajstić information content (AvgIpc) is 3.35. The van der Waals surface area contributed by atoms with Crippen molar-refractivity contribution in [1.82, 2.24) is 14.8 Å². The molecule has 1 amide bonds. The summed E-state index contributed by atoms with van der Waals surface area (Å²) in [5.74, 6) is 1.06. The summed E-state index contributed by atoms with van der Waals surface area (Å²) in [6, 6.07) is 16.4. The van der Waals surface area contributed by atoms with Crippen LogP contribution in [0, 0.1) is 20.8 Å². The number of nitrogens with one attached hydrogen (secondary N) is 1. The first kappa shape index (κ1) is 22.3. The van der Waals surface area contributed by atoms with Gasteiger partial charge in [-0.15, -0.1) is 21.5 Å². The molecule has 5 nitrogen and oxygen atoms in total. The number of thiophene rings is 1. The van der Waals surface area contributed by atoms with Crippen LogP contribution in [-0.4, -0.2) is 26.4 Å². The summed E-state index contributed by atoms with van der Waals surface area (Å²) in [4.78, 5) is 13.7. The molecule has 0 radical (unpaired) electrons. The third-order valence-electron chi connectivity index (χ3n) is 5.22. The predicted octanol–water partition coefficient (Wildman–Crippen LogP) is 6.35. The second kappa shape index (κ2) is 9.71. The molecular formula is C25H26N4OS2. The lowest BCUT2D eigenvalue weighted by molar-refractivity contribution is -0.113. The fraction of sp³-hybridized carbons (Fsp3) is 0.240. The second-order valence-electron chi connectivity index (χ2n) is 7.70. The summed E-state index contributed by atoms with van der Waals surface area (Å²) in [5.41, 5.74) is 6.63. The molecule has 0 atom stereocenters. The number of nitrogens with zero attached hydrogens (tertiary/aromatic N) is 3. The summed E-state index contributed by atoms with van der Waals surface area (Å²) in [5, 5.41) is 14.8. The minimum absolute atomic E-state index is 0.0560. The monoisotopic (exact) mass is 462 g/mol. The number of aromatic nitrogens is 3. The van der Waals surface area contributed by atoms with Gasteiger partial charge < -0.3 is 9.88 Å². The third-order valence-corrected chi connectivity index (χ3v) is 7.10. The number of benzene rings is 2. The molecule has 2 heterocycles. The smallest absolute Gasteiger partial charge is 0.234 e. The number of thioether (sulfide) groups is 1. The van der Waals surface area contributed by atoms with Crippen LogP contribution in [0.2, 0.25) is 0 Å². The number of carbonyl (C=O) groups is 1. The van der Waals surface area contributed by atoms with E-state index in [0.29, 0.717) is 0 Å². The van der Waals surface area contributed by atoms with Crippen LogP contribution in [0.25, 0.3) is 22.5 Å². The average molecular weight is 463 g/mol. The molecule has 32 heavy (non-hydrogen) atoms. The van der Waals surface area contributed by atoms with Gasteiger partial charge in [0.1, 0.15) is 0 Å². The van der Waals surface area contributed by atoms with Crippen LogP contribution in [0.1, 0.15) is 22.9 Å². The predicted molar refractivity (Wildman–Crippen MR) is 134 cm³/mol. The highest BCUT2D eigenvalue weighted by Gasteiger charge is 2.20. The van der Waals surface area contributed by atoms with Crippen molar-refractivity contribution >= 4 is 34.7 Å². The summed E-state index contributed by atoms with van der Waals surface area (Å²) < 4.78 is 2.09. The standard InChI is InChI=1S/C25H26N4OS2/c1-5-29-24(21-14-31-18(4)23(21)19-11-9-16(2)10-12-19)27-28-25(29)32-15-22(30)26-20-8-6-7-17(3)13-20/h6-14H,5,15H2,1-4H3,(H,26,30). The van der Waals surface area contributed by atoms with E-state index in [-0.39, 0.29) is 11.7 Å². The maximum atomic E-state index is 12.5. The van der Waals surface area contributed by atoms with E-state index in [1.807, 2.05) is 31.2 Å². The molecule has 0 fully saturated rings. The van der Waals surface area contributed by atoms with Crippen LogP contribution in [0.3, 0.4) is 0 Å². The molecule has 2 aromatic heterocycles. The Balaban J connectivity index is 1.55. The topological polar surface area (TPSA) is 59.8 Å². The minimum atomic E-state index is -0.0560. The Hall–Kier alpha value is -2.90. The van der Waals surface area contributed by atoms with Gasteiger partial charge in [0, 0.05) is 33.6 Å². The first-order valence-corrected chi connectivity index (χ1v) is 12.4. The zero-order chi connectivity index (χ0) is 22.7. The van der Waals surface area contributed by atoms with Gasteiger partial charge >= 0.3 is 0 Å². The normalized spacial score (nSPS) is 11.0. The Morgan fingerprint density at radius 1 is 1.06 bits per heavy atom. The van der Waals surface area contributed by atoms with Crippen molar-refractivity contribution in [2.45, 2.75) is 39.4 Å². The molecule has 1 N–H and O–H groups in total. The summed E-state index contributed by atoms with van der Waals surface area (Å²) in [6.07, 6.45) is 0. The van der Waals surface area contributed by atoms with Gasteiger partial charge in [0.2, 0.25) is 5.91 Å². The van der Waals surface area contributed by atoms with Crippen LogP contribution in [-0.2, 0) is 11.3 Å². The van der Waals surface area contributed by atoms with E-state index in [0.717, 1.165) is 34.3 Å². The lowest BCUT2D eigenvalue weighted by Gasteiger charge is -2.10. The second-order valence-corrected chi connectivity index (χ2v) is 9.73. The third kappa shape index (κ3) is 4.79. The van der Waals surface area contributed by atoms with Gasteiger partial charge in [0.05, 0.1) is 5.75 Å². The Morgan fingerprint density at radius 3 is 2.56 bits per heavy atom. The van der Waals surface area contributed by atoms with Crippen molar-refractivity contribution < 1.29 is 4.79 Å². The first-order chi connectivity index (χ1) is 15.5. The number of anilines is 1. The van der Waals surface area contributed by atoms with Gasteiger partial charge in [0.15, 0.2) is 11.0 Å². The number of rotatable bonds is 7. The van der Waals surface area contributed by atoms with Crippen LogP contribution in [0.15, 0.2) is 59.1 Å². The SMILES string of the molecule is CCn1c(SCC(=O)Nc2cccc(C)c2)nnc1-c1csc(C)c1-c1ccc(C)cc1. The molecule has 0 aliphatic heterocycles. The van der Waals surface area contributed by atoms with Gasteiger partial charge in [-0.25, -0.2) is 0 Å². The van der Waals surface area contributed by atoms with E-state index >= 15 is 0 Å². The molecule has 0 aliphatic carbocycles. The Labute approximate surface area is 196 Å². The number of hydrogen-bond acceptors (Lipinski definition) is 5. The molecule has 0 saturated heterocycles. The van der Waals surface area contributed by atoms with Gasteiger partial charge in [-0.1, -0.05) is 53.7 Å².